The molecular weight excluding hydrogens is 443 g/mol. The zero-order valence-corrected chi connectivity index (χ0v) is 15.6. The third kappa shape index (κ3) is 4.56. The molecule has 28 heavy (non-hydrogen) atoms. The van der Waals surface area contributed by atoms with Crippen LogP contribution < -0.4 is 10.6 Å². The standard InChI is InChI=1S/C13H7Cl2F2N7O3S/c14-11-22-12(15)24-13(23-11)21-6-3-5(1-2-7(6)28(25,26)27)20-10-8(16)9(17)18-4-19-10/h1-4H,(H,18,19,20)(H,25,26,27)(H,21,22,23,24). The molecule has 0 saturated heterocycles. The van der Waals surface area contributed by atoms with Gasteiger partial charge >= 0.3 is 0 Å². The van der Waals surface area contributed by atoms with Gasteiger partial charge in [-0.2, -0.15) is 32.2 Å². The van der Waals surface area contributed by atoms with Gasteiger partial charge in [0.1, 0.15) is 11.2 Å². The molecule has 10 nitrogen and oxygen atoms in total. The van der Waals surface area contributed by atoms with Crippen molar-refractivity contribution in [1.82, 2.24) is 24.9 Å². The maximum Gasteiger partial charge on any atom is 0.296 e. The summed E-state index contributed by atoms with van der Waals surface area (Å²) < 4.78 is 59.5. The molecule has 0 amide bonds. The number of hydrogen-bond donors (Lipinski definition) is 3. The van der Waals surface area contributed by atoms with Crippen molar-refractivity contribution in [2.45, 2.75) is 4.90 Å². The molecule has 0 bridgehead atoms. The molecule has 2 heterocycles. The zero-order chi connectivity index (χ0) is 20.5. The maximum absolute atomic E-state index is 13.7. The van der Waals surface area contributed by atoms with E-state index in [2.05, 4.69) is 35.6 Å². The third-order valence-electron chi connectivity index (χ3n) is 3.09. The monoisotopic (exact) mass is 449 g/mol. The first-order valence-electron chi connectivity index (χ1n) is 7.02. The number of nitrogens with zero attached hydrogens (tertiary/aromatic N) is 5. The molecular formula is C13H7Cl2F2N7O3S. The van der Waals surface area contributed by atoms with Crippen molar-refractivity contribution in [2.75, 3.05) is 10.6 Å². The van der Waals surface area contributed by atoms with Crippen LogP contribution in [0.15, 0.2) is 29.4 Å². The summed E-state index contributed by atoms with van der Waals surface area (Å²) >= 11 is 11.3. The summed E-state index contributed by atoms with van der Waals surface area (Å²) in [4.78, 5) is 17.0. The van der Waals surface area contributed by atoms with Crippen LogP contribution in [0, 0.1) is 11.8 Å². The Morgan fingerprint density at radius 1 is 1.00 bits per heavy atom. The van der Waals surface area contributed by atoms with Crippen molar-refractivity contribution >= 4 is 56.5 Å². The zero-order valence-electron chi connectivity index (χ0n) is 13.2. The number of nitrogens with one attached hydrogen (secondary N) is 2. The van der Waals surface area contributed by atoms with Gasteiger partial charge in [-0.1, -0.05) is 0 Å². The Bertz CT molecular complexity index is 1150. The Morgan fingerprint density at radius 2 is 1.68 bits per heavy atom. The molecule has 3 aromatic rings. The largest absolute Gasteiger partial charge is 0.338 e. The first kappa shape index (κ1) is 20.0. The second-order valence-corrected chi connectivity index (χ2v) is 7.03. The van der Waals surface area contributed by atoms with E-state index < -0.39 is 32.6 Å². The Morgan fingerprint density at radius 3 is 2.32 bits per heavy atom. The molecule has 0 aliphatic heterocycles. The Labute approximate surface area is 165 Å². The van der Waals surface area contributed by atoms with Gasteiger partial charge < -0.3 is 10.6 Å². The summed E-state index contributed by atoms with van der Waals surface area (Å²) in [7, 11) is -4.67. The lowest BCUT2D eigenvalue weighted by atomic mass is 10.2. The van der Waals surface area contributed by atoms with Crippen molar-refractivity contribution in [3.8, 4) is 0 Å². The van der Waals surface area contributed by atoms with E-state index in [0.717, 1.165) is 18.5 Å². The lowest BCUT2D eigenvalue weighted by Gasteiger charge is -2.12. The van der Waals surface area contributed by atoms with Crippen LogP contribution in [0.2, 0.25) is 10.6 Å². The maximum atomic E-state index is 13.7. The molecule has 0 aliphatic carbocycles. The van der Waals surface area contributed by atoms with Gasteiger partial charge in [-0.3, -0.25) is 4.55 Å². The number of halogens is 4. The van der Waals surface area contributed by atoms with Crippen LogP contribution in [-0.2, 0) is 10.1 Å². The fourth-order valence-corrected chi connectivity index (χ4v) is 3.00. The van der Waals surface area contributed by atoms with Crippen molar-refractivity contribution in [2.24, 2.45) is 0 Å². The molecule has 0 spiro atoms. The number of rotatable bonds is 5. The van der Waals surface area contributed by atoms with E-state index in [1.54, 1.807) is 0 Å². The normalized spacial score (nSPS) is 11.3. The molecule has 2 aromatic heterocycles. The molecule has 3 rings (SSSR count). The number of anilines is 4. The number of aromatic nitrogens is 5. The minimum absolute atomic E-state index is 0.0816. The van der Waals surface area contributed by atoms with Crippen LogP contribution in [0.25, 0.3) is 0 Å². The second-order valence-electron chi connectivity index (χ2n) is 4.96. The Hall–Kier alpha value is -2.74. The summed E-state index contributed by atoms with van der Waals surface area (Å²) in [5.74, 6) is -3.44. The molecule has 0 radical (unpaired) electrons. The van der Waals surface area contributed by atoms with Crippen LogP contribution in [-0.4, -0.2) is 37.9 Å². The molecule has 146 valence electrons. The fourth-order valence-electron chi connectivity index (χ4n) is 2.00. The van der Waals surface area contributed by atoms with E-state index in [1.165, 1.54) is 6.07 Å². The Kier molecular flexibility index (Phi) is 5.51. The first-order valence-corrected chi connectivity index (χ1v) is 9.22. The van der Waals surface area contributed by atoms with Gasteiger partial charge in [0, 0.05) is 5.69 Å². The molecule has 1 aromatic carbocycles. The van der Waals surface area contributed by atoms with E-state index in [0.29, 0.717) is 0 Å². The minimum Gasteiger partial charge on any atom is -0.338 e. The predicted molar refractivity (Wildman–Crippen MR) is 94.6 cm³/mol. The lowest BCUT2D eigenvalue weighted by Crippen LogP contribution is -2.07. The molecule has 0 saturated carbocycles. The fraction of sp³-hybridized carbons (Fsp3) is 0. The highest BCUT2D eigenvalue weighted by atomic mass is 35.5. The lowest BCUT2D eigenvalue weighted by molar-refractivity contribution is 0.476. The van der Waals surface area contributed by atoms with Crippen molar-refractivity contribution in [3.05, 3.63) is 46.9 Å². The van der Waals surface area contributed by atoms with E-state index in [4.69, 9.17) is 23.2 Å². The average molecular weight is 450 g/mol. The summed E-state index contributed by atoms with van der Waals surface area (Å²) in [5, 5.41) is 4.41. The molecule has 0 fully saturated rings. The van der Waals surface area contributed by atoms with Crippen molar-refractivity contribution in [3.63, 3.8) is 0 Å². The first-order chi connectivity index (χ1) is 13.1. The highest BCUT2D eigenvalue weighted by Crippen LogP contribution is 2.29. The van der Waals surface area contributed by atoms with Gasteiger partial charge in [-0.25, -0.2) is 9.97 Å². The predicted octanol–water partition coefficient (Wildman–Crippen LogP) is 2.98. The third-order valence-corrected chi connectivity index (χ3v) is 4.34. The van der Waals surface area contributed by atoms with Crippen LogP contribution in [0.3, 0.4) is 0 Å². The summed E-state index contributed by atoms with van der Waals surface area (Å²) in [6.45, 7) is 0. The van der Waals surface area contributed by atoms with Crippen LogP contribution in [0.5, 0.6) is 0 Å². The van der Waals surface area contributed by atoms with Gasteiger partial charge in [0.15, 0.2) is 5.82 Å². The molecule has 0 unspecified atom stereocenters. The number of hydrogen-bond acceptors (Lipinski definition) is 9. The van der Waals surface area contributed by atoms with Crippen LogP contribution in [0.4, 0.5) is 31.9 Å². The molecule has 0 atom stereocenters. The summed E-state index contributed by atoms with van der Waals surface area (Å²) in [6.07, 6.45) is 0.793. The highest BCUT2D eigenvalue weighted by molar-refractivity contribution is 7.86. The topological polar surface area (TPSA) is 143 Å². The van der Waals surface area contributed by atoms with E-state index in [9.17, 15) is 21.8 Å². The quantitative estimate of drug-likeness (QED) is 0.392. The van der Waals surface area contributed by atoms with Crippen LogP contribution in [0.1, 0.15) is 0 Å². The van der Waals surface area contributed by atoms with Crippen molar-refractivity contribution in [1.29, 1.82) is 0 Å². The van der Waals surface area contributed by atoms with Crippen LogP contribution >= 0.6 is 23.2 Å². The molecule has 15 heteroatoms. The van der Waals surface area contributed by atoms with E-state index in [-0.39, 0.29) is 27.9 Å². The van der Waals surface area contributed by atoms with Gasteiger partial charge in [-0.05, 0) is 41.4 Å². The average Bonchev–Trinajstić information content (AvgIpc) is 2.57. The second kappa shape index (κ2) is 7.71. The van der Waals surface area contributed by atoms with E-state index >= 15 is 0 Å². The van der Waals surface area contributed by atoms with E-state index in [1.807, 2.05) is 0 Å². The Balaban J connectivity index is 2.03. The summed E-state index contributed by atoms with van der Waals surface area (Å²) in [5.41, 5.74) is -0.140. The van der Waals surface area contributed by atoms with Gasteiger partial charge in [0.05, 0.1) is 5.69 Å². The molecule has 3 N–H and O–H groups in total. The highest BCUT2D eigenvalue weighted by Gasteiger charge is 2.19. The van der Waals surface area contributed by atoms with Gasteiger partial charge in [-0.15, -0.1) is 0 Å². The van der Waals surface area contributed by atoms with Gasteiger partial charge in [0.25, 0.3) is 16.1 Å². The minimum atomic E-state index is -4.67. The van der Waals surface area contributed by atoms with Gasteiger partial charge in [0.2, 0.25) is 22.3 Å². The smallest absolute Gasteiger partial charge is 0.296 e. The SMILES string of the molecule is O=S(=O)(O)c1ccc(Nc2ncnc(F)c2F)cc1Nc1nc(Cl)nc(Cl)n1. The summed E-state index contributed by atoms with van der Waals surface area (Å²) in [6, 6.07) is 3.33. The van der Waals surface area contributed by atoms with Crippen molar-refractivity contribution < 1.29 is 21.8 Å². The number of benzene rings is 1. The molecule has 0 aliphatic rings.